The smallest absolute Gasteiger partial charge is 0.363 e. The Hall–Kier alpha value is -4.54. The zero-order valence-corrected chi connectivity index (χ0v) is 18.7. The van der Waals surface area contributed by atoms with Crippen LogP contribution >= 0.6 is 0 Å². The Balaban J connectivity index is 1.60. The minimum Gasteiger partial charge on any atom is -0.363 e. The van der Waals surface area contributed by atoms with Crippen LogP contribution < -0.4 is 5.32 Å². The summed E-state index contributed by atoms with van der Waals surface area (Å²) < 4.78 is 52.0. The van der Waals surface area contributed by atoms with Gasteiger partial charge < -0.3 is 5.32 Å². The molecule has 0 saturated carbocycles. The molecule has 3 aromatic heterocycles. The highest BCUT2D eigenvalue weighted by molar-refractivity contribution is 6.02. The van der Waals surface area contributed by atoms with Crippen LogP contribution in [-0.4, -0.2) is 30.1 Å². The van der Waals surface area contributed by atoms with Crippen molar-refractivity contribution < 1.29 is 17.6 Å². The first-order valence-electron chi connectivity index (χ1n) is 10.8. The van der Waals surface area contributed by atoms with E-state index in [-0.39, 0.29) is 5.82 Å². The molecule has 36 heavy (non-hydrogen) atoms. The van der Waals surface area contributed by atoms with Gasteiger partial charge in [0.1, 0.15) is 18.0 Å². The van der Waals surface area contributed by atoms with Crippen molar-refractivity contribution in [3.63, 3.8) is 0 Å². The summed E-state index contributed by atoms with van der Waals surface area (Å²) in [7, 11) is 0. The molecule has 0 aliphatic heterocycles. The van der Waals surface area contributed by atoms with Gasteiger partial charge in [-0.25, -0.2) is 24.3 Å². The lowest BCUT2D eigenvalue weighted by molar-refractivity contribution is -0.145. The maximum absolute atomic E-state index is 13.5. The monoisotopic (exact) mass is 491 g/mol. The van der Waals surface area contributed by atoms with Crippen molar-refractivity contribution >= 4 is 16.7 Å². The first-order chi connectivity index (χ1) is 17.3. The maximum Gasteiger partial charge on any atom is 0.451 e. The number of nitrogens with one attached hydrogen (secondary N) is 1. The molecule has 3 heterocycles. The molecular weight excluding hydrogens is 474 g/mol. The van der Waals surface area contributed by atoms with Gasteiger partial charge in [0.25, 0.3) is 0 Å². The largest absolute Gasteiger partial charge is 0.451 e. The minimum absolute atomic E-state index is 0.351. The van der Waals surface area contributed by atoms with Gasteiger partial charge in [0, 0.05) is 34.5 Å². The Bertz CT molecular complexity index is 1510. The van der Waals surface area contributed by atoms with Crippen molar-refractivity contribution in [2.75, 3.05) is 5.32 Å². The van der Waals surface area contributed by atoms with Crippen molar-refractivity contribution in [1.82, 2.24) is 30.1 Å². The molecule has 1 N–H and O–H groups in total. The SMILES string of the molecule is CC(Nc1ncnc2c(-c3ccnnc3)cc(-c3ccc(F)cc3)cc12)c1cnc(C(F)(F)F)nc1. The molecule has 5 aromatic rings. The van der Waals surface area contributed by atoms with Crippen LogP contribution in [0.15, 0.2) is 73.6 Å². The van der Waals surface area contributed by atoms with E-state index in [1.54, 1.807) is 37.5 Å². The average Bonchev–Trinajstić information content (AvgIpc) is 2.89. The van der Waals surface area contributed by atoms with E-state index >= 15 is 0 Å². The van der Waals surface area contributed by atoms with Crippen molar-refractivity contribution in [3.05, 3.63) is 90.8 Å². The van der Waals surface area contributed by atoms with Gasteiger partial charge in [0.2, 0.25) is 5.82 Å². The third-order valence-corrected chi connectivity index (χ3v) is 5.59. The normalized spacial score (nSPS) is 12.5. The highest BCUT2D eigenvalue weighted by Gasteiger charge is 2.34. The van der Waals surface area contributed by atoms with E-state index in [4.69, 9.17) is 0 Å². The van der Waals surface area contributed by atoms with Crippen LogP contribution in [0, 0.1) is 5.82 Å². The van der Waals surface area contributed by atoms with E-state index in [9.17, 15) is 17.6 Å². The number of nitrogens with zero attached hydrogens (tertiary/aromatic N) is 6. The van der Waals surface area contributed by atoms with Gasteiger partial charge in [-0.2, -0.15) is 23.4 Å². The predicted octanol–water partition coefficient (Wildman–Crippen LogP) is 5.87. The Morgan fingerprint density at radius 1 is 0.806 bits per heavy atom. The number of rotatable bonds is 5. The molecule has 180 valence electrons. The first kappa shape index (κ1) is 23.2. The molecule has 0 radical (unpaired) electrons. The van der Waals surface area contributed by atoms with E-state index in [0.29, 0.717) is 22.3 Å². The van der Waals surface area contributed by atoms with Crippen LogP contribution in [0.25, 0.3) is 33.2 Å². The second-order valence-electron chi connectivity index (χ2n) is 7.98. The zero-order valence-electron chi connectivity index (χ0n) is 18.7. The third-order valence-electron chi connectivity index (χ3n) is 5.59. The summed E-state index contributed by atoms with van der Waals surface area (Å²) in [5.41, 5.74) is 4.17. The number of hydrogen-bond acceptors (Lipinski definition) is 7. The molecule has 1 atom stereocenters. The van der Waals surface area contributed by atoms with Crippen molar-refractivity contribution in [1.29, 1.82) is 0 Å². The number of aromatic nitrogens is 6. The summed E-state index contributed by atoms with van der Waals surface area (Å²) in [6.07, 6.45) is 2.23. The fraction of sp³-hybridized carbons (Fsp3) is 0.120. The van der Waals surface area contributed by atoms with Gasteiger partial charge in [0.05, 0.1) is 24.0 Å². The standard InChI is InChI=1S/C25H17F4N7/c1-14(18-10-30-24(31-11-18)25(27,28)29)36-23-21-9-17(15-2-4-19(26)5-3-15)8-20(22(21)32-13-33-23)16-6-7-34-35-12-16/h2-14H,1H3,(H,32,33,36). The van der Waals surface area contributed by atoms with Gasteiger partial charge >= 0.3 is 6.18 Å². The Labute approximate surface area is 202 Å². The lowest BCUT2D eigenvalue weighted by atomic mass is 9.96. The summed E-state index contributed by atoms with van der Waals surface area (Å²) in [5, 5.41) is 11.7. The number of alkyl halides is 3. The first-order valence-corrected chi connectivity index (χ1v) is 10.8. The van der Waals surface area contributed by atoms with Gasteiger partial charge in [-0.1, -0.05) is 12.1 Å². The molecule has 0 aliphatic rings. The molecule has 0 bridgehead atoms. The van der Waals surface area contributed by atoms with E-state index in [1.807, 2.05) is 12.1 Å². The van der Waals surface area contributed by atoms with Crippen LogP contribution in [0.3, 0.4) is 0 Å². The van der Waals surface area contributed by atoms with E-state index in [0.717, 1.165) is 34.6 Å². The molecule has 0 saturated heterocycles. The quantitative estimate of drug-likeness (QED) is 0.307. The van der Waals surface area contributed by atoms with Crippen LogP contribution in [0.1, 0.15) is 24.4 Å². The van der Waals surface area contributed by atoms with Crippen LogP contribution in [0.5, 0.6) is 0 Å². The lowest BCUT2D eigenvalue weighted by Crippen LogP contribution is -2.14. The van der Waals surface area contributed by atoms with Gasteiger partial charge in [-0.05, 0) is 48.4 Å². The van der Waals surface area contributed by atoms with E-state index in [1.165, 1.54) is 18.5 Å². The van der Waals surface area contributed by atoms with E-state index in [2.05, 4.69) is 35.5 Å². The molecule has 5 rings (SSSR count). The zero-order chi connectivity index (χ0) is 25.3. The predicted molar refractivity (Wildman–Crippen MR) is 125 cm³/mol. The van der Waals surface area contributed by atoms with Gasteiger partial charge in [-0.15, -0.1) is 0 Å². The summed E-state index contributed by atoms with van der Waals surface area (Å²) in [4.78, 5) is 15.7. The van der Waals surface area contributed by atoms with Crippen LogP contribution in [0.4, 0.5) is 23.4 Å². The van der Waals surface area contributed by atoms with Crippen molar-refractivity contribution in [2.24, 2.45) is 0 Å². The summed E-state index contributed by atoms with van der Waals surface area (Å²) in [6, 6.07) is 11.2. The van der Waals surface area contributed by atoms with Crippen molar-refractivity contribution in [3.8, 4) is 22.3 Å². The molecule has 2 aromatic carbocycles. The summed E-state index contributed by atoms with van der Waals surface area (Å²) in [6.45, 7) is 1.76. The molecule has 7 nitrogen and oxygen atoms in total. The van der Waals surface area contributed by atoms with Gasteiger partial charge in [-0.3, -0.25) is 0 Å². The number of hydrogen-bond donors (Lipinski definition) is 1. The Morgan fingerprint density at radius 2 is 1.56 bits per heavy atom. The number of benzene rings is 2. The third kappa shape index (κ3) is 4.67. The lowest BCUT2D eigenvalue weighted by Gasteiger charge is -2.18. The van der Waals surface area contributed by atoms with Crippen LogP contribution in [-0.2, 0) is 6.18 Å². The summed E-state index contributed by atoms with van der Waals surface area (Å²) >= 11 is 0. The summed E-state index contributed by atoms with van der Waals surface area (Å²) in [5.74, 6) is -1.10. The Kier molecular flexibility index (Phi) is 5.96. The molecule has 11 heteroatoms. The minimum atomic E-state index is -4.62. The highest BCUT2D eigenvalue weighted by Crippen LogP contribution is 2.36. The highest BCUT2D eigenvalue weighted by atomic mass is 19.4. The number of halogens is 4. The Morgan fingerprint density at radius 3 is 2.22 bits per heavy atom. The molecule has 1 unspecified atom stereocenters. The van der Waals surface area contributed by atoms with E-state index < -0.39 is 18.0 Å². The second kappa shape index (κ2) is 9.25. The van der Waals surface area contributed by atoms with Crippen molar-refractivity contribution in [2.45, 2.75) is 19.1 Å². The fourth-order valence-electron chi connectivity index (χ4n) is 3.76. The average molecular weight is 491 g/mol. The molecular formula is C25H17F4N7. The van der Waals surface area contributed by atoms with Crippen LogP contribution in [0.2, 0.25) is 0 Å². The van der Waals surface area contributed by atoms with Gasteiger partial charge in [0.15, 0.2) is 0 Å². The number of fused-ring (bicyclic) bond motifs is 1. The molecule has 0 spiro atoms. The maximum atomic E-state index is 13.5. The molecule has 0 amide bonds. The molecule has 0 aliphatic carbocycles. The second-order valence-corrected chi connectivity index (χ2v) is 7.98. The number of anilines is 1. The molecule has 0 fully saturated rings. The fourth-order valence-corrected chi connectivity index (χ4v) is 3.76. The topological polar surface area (TPSA) is 89.4 Å².